The number of phosphoric acid groups is 1. The second-order valence-electron chi connectivity index (χ2n) is 7.29. The molecule has 6 heteroatoms. The standard InChI is InChI=1S/C21H37O5P/c1-7-9-14-24-27(22,25-15-10-8-2)26-16-23-21-19(17(3)4)12-11-13-20(21)18(5)6/h11-13,17-18H,7-10,14-16H2,1-6H3. The predicted octanol–water partition coefficient (Wildman–Crippen LogP) is 7.03. The Balaban J connectivity index is 2.83. The Morgan fingerprint density at radius 2 is 1.33 bits per heavy atom. The number of rotatable bonds is 14. The van der Waals surface area contributed by atoms with Crippen LogP contribution in [0.4, 0.5) is 0 Å². The average molecular weight is 400 g/mol. The molecule has 0 N–H and O–H groups in total. The van der Waals surface area contributed by atoms with Crippen LogP contribution in [-0.2, 0) is 18.1 Å². The summed E-state index contributed by atoms with van der Waals surface area (Å²) >= 11 is 0. The Labute approximate surface area is 165 Å². The highest BCUT2D eigenvalue weighted by molar-refractivity contribution is 7.48. The van der Waals surface area contributed by atoms with E-state index in [9.17, 15) is 4.57 Å². The third kappa shape index (κ3) is 8.35. The zero-order valence-corrected chi connectivity index (χ0v) is 18.7. The van der Waals surface area contributed by atoms with Crippen LogP contribution in [0.1, 0.15) is 90.2 Å². The summed E-state index contributed by atoms with van der Waals surface area (Å²) in [4.78, 5) is 0. The van der Waals surface area contributed by atoms with Crippen LogP contribution < -0.4 is 4.74 Å². The molecule has 0 aromatic heterocycles. The van der Waals surface area contributed by atoms with Crippen LogP contribution in [0.2, 0.25) is 0 Å². The van der Waals surface area contributed by atoms with Gasteiger partial charge in [0, 0.05) is 0 Å². The molecule has 0 spiro atoms. The Hall–Kier alpha value is -0.870. The molecule has 0 radical (unpaired) electrons. The number of para-hydroxylation sites is 1. The van der Waals surface area contributed by atoms with Crippen molar-refractivity contribution in [3.8, 4) is 5.75 Å². The lowest BCUT2D eigenvalue weighted by Crippen LogP contribution is -2.10. The Morgan fingerprint density at radius 1 is 0.852 bits per heavy atom. The topological polar surface area (TPSA) is 54.0 Å². The van der Waals surface area contributed by atoms with Gasteiger partial charge in [0.15, 0.2) is 6.79 Å². The van der Waals surface area contributed by atoms with Gasteiger partial charge in [-0.15, -0.1) is 0 Å². The van der Waals surface area contributed by atoms with Gasteiger partial charge in [-0.05, 0) is 35.8 Å². The van der Waals surface area contributed by atoms with E-state index in [1.54, 1.807) is 0 Å². The summed E-state index contributed by atoms with van der Waals surface area (Å²) in [5.41, 5.74) is 2.22. The van der Waals surface area contributed by atoms with Crippen LogP contribution in [0.3, 0.4) is 0 Å². The van der Waals surface area contributed by atoms with E-state index in [-0.39, 0.29) is 6.79 Å². The van der Waals surface area contributed by atoms with Gasteiger partial charge in [0.1, 0.15) is 5.75 Å². The maximum absolute atomic E-state index is 12.8. The van der Waals surface area contributed by atoms with Crippen molar-refractivity contribution in [3.63, 3.8) is 0 Å². The van der Waals surface area contributed by atoms with Crippen LogP contribution >= 0.6 is 7.82 Å². The van der Waals surface area contributed by atoms with E-state index in [1.807, 2.05) is 19.9 Å². The van der Waals surface area contributed by atoms with Gasteiger partial charge in [-0.2, -0.15) is 0 Å². The van der Waals surface area contributed by atoms with Crippen molar-refractivity contribution < 1.29 is 22.9 Å². The van der Waals surface area contributed by atoms with Crippen molar-refractivity contribution in [2.24, 2.45) is 0 Å². The Bertz CT molecular complexity index is 546. The minimum Gasteiger partial charge on any atom is -0.466 e. The highest BCUT2D eigenvalue weighted by Crippen LogP contribution is 2.50. The van der Waals surface area contributed by atoms with Crippen LogP contribution in [0.5, 0.6) is 5.75 Å². The monoisotopic (exact) mass is 400 g/mol. The van der Waals surface area contributed by atoms with E-state index in [2.05, 4.69) is 39.8 Å². The van der Waals surface area contributed by atoms with Crippen molar-refractivity contribution in [1.29, 1.82) is 0 Å². The molecule has 0 unspecified atom stereocenters. The van der Waals surface area contributed by atoms with Gasteiger partial charge in [-0.25, -0.2) is 9.09 Å². The number of hydrogen-bond acceptors (Lipinski definition) is 5. The zero-order valence-electron chi connectivity index (χ0n) is 17.8. The minimum absolute atomic E-state index is 0.168. The number of hydrogen-bond donors (Lipinski definition) is 0. The molecule has 0 heterocycles. The van der Waals surface area contributed by atoms with Crippen LogP contribution in [0.15, 0.2) is 18.2 Å². The third-order valence-electron chi connectivity index (χ3n) is 4.23. The van der Waals surface area contributed by atoms with Crippen LogP contribution in [0.25, 0.3) is 0 Å². The minimum atomic E-state index is -3.62. The van der Waals surface area contributed by atoms with Gasteiger partial charge < -0.3 is 4.74 Å². The molecule has 0 atom stereocenters. The predicted molar refractivity (Wildman–Crippen MR) is 111 cm³/mol. The largest absolute Gasteiger partial charge is 0.477 e. The molecule has 1 aromatic rings. The summed E-state index contributed by atoms with van der Waals surface area (Å²) in [6.45, 7) is 13.1. The van der Waals surface area contributed by atoms with Crippen molar-refractivity contribution in [2.75, 3.05) is 20.0 Å². The molecule has 0 saturated carbocycles. The van der Waals surface area contributed by atoms with Gasteiger partial charge in [0.05, 0.1) is 13.2 Å². The smallest absolute Gasteiger partial charge is 0.466 e. The summed E-state index contributed by atoms with van der Waals surface area (Å²) < 4.78 is 35.2. The van der Waals surface area contributed by atoms with E-state index in [0.29, 0.717) is 25.0 Å². The molecule has 0 fully saturated rings. The fourth-order valence-corrected chi connectivity index (χ4v) is 3.66. The molecule has 1 rings (SSSR count). The number of ether oxygens (including phenoxy) is 1. The van der Waals surface area contributed by atoms with Gasteiger partial charge in [0.25, 0.3) is 0 Å². The molecule has 0 saturated heterocycles. The highest BCUT2D eigenvalue weighted by atomic mass is 31.2. The lowest BCUT2D eigenvalue weighted by Gasteiger charge is -2.22. The second kappa shape index (κ2) is 12.6. The molecule has 0 aliphatic carbocycles. The Kier molecular flexibility index (Phi) is 11.2. The fraction of sp³-hybridized carbons (Fsp3) is 0.714. The van der Waals surface area contributed by atoms with Crippen molar-refractivity contribution in [2.45, 2.75) is 79.1 Å². The Morgan fingerprint density at radius 3 is 1.74 bits per heavy atom. The van der Waals surface area contributed by atoms with E-state index in [4.69, 9.17) is 18.3 Å². The fourth-order valence-electron chi connectivity index (χ4n) is 2.55. The van der Waals surface area contributed by atoms with Crippen molar-refractivity contribution in [1.82, 2.24) is 0 Å². The molecule has 5 nitrogen and oxygen atoms in total. The molecular formula is C21H37O5P. The van der Waals surface area contributed by atoms with E-state index < -0.39 is 7.82 Å². The molecule has 0 aliphatic rings. The van der Waals surface area contributed by atoms with Crippen molar-refractivity contribution in [3.05, 3.63) is 29.3 Å². The lowest BCUT2D eigenvalue weighted by atomic mass is 9.94. The lowest BCUT2D eigenvalue weighted by molar-refractivity contribution is 0.0480. The summed E-state index contributed by atoms with van der Waals surface area (Å²) in [7, 11) is -3.62. The molecule has 27 heavy (non-hydrogen) atoms. The zero-order chi connectivity index (χ0) is 20.3. The molecule has 0 aliphatic heterocycles. The number of phosphoric ester groups is 1. The SMILES string of the molecule is CCCCOP(=O)(OCCCC)OCOc1c(C(C)C)cccc1C(C)C. The summed E-state index contributed by atoms with van der Waals surface area (Å²) in [6, 6.07) is 6.16. The summed E-state index contributed by atoms with van der Waals surface area (Å²) in [5, 5.41) is 0. The van der Waals surface area contributed by atoms with E-state index in [0.717, 1.165) is 42.6 Å². The maximum atomic E-state index is 12.8. The average Bonchev–Trinajstić information content (AvgIpc) is 2.62. The van der Waals surface area contributed by atoms with Gasteiger partial charge in [0.2, 0.25) is 0 Å². The third-order valence-corrected chi connectivity index (χ3v) is 5.65. The first-order valence-corrected chi connectivity index (χ1v) is 11.6. The maximum Gasteiger partial charge on any atom is 0.477 e. The van der Waals surface area contributed by atoms with Crippen LogP contribution in [-0.4, -0.2) is 20.0 Å². The van der Waals surface area contributed by atoms with Crippen LogP contribution in [0, 0.1) is 0 Å². The molecule has 1 aromatic carbocycles. The first-order valence-electron chi connectivity index (χ1n) is 10.1. The number of benzene rings is 1. The summed E-state index contributed by atoms with van der Waals surface area (Å²) in [5.74, 6) is 1.43. The van der Waals surface area contributed by atoms with Gasteiger partial charge >= 0.3 is 7.82 Å². The first-order chi connectivity index (χ1) is 12.8. The quantitative estimate of drug-likeness (QED) is 0.191. The van der Waals surface area contributed by atoms with E-state index in [1.165, 1.54) is 0 Å². The highest BCUT2D eigenvalue weighted by Gasteiger charge is 2.27. The van der Waals surface area contributed by atoms with Gasteiger partial charge in [-0.1, -0.05) is 72.6 Å². The normalized spacial score (nSPS) is 12.1. The van der Waals surface area contributed by atoms with Crippen molar-refractivity contribution >= 4 is 7.82 Å². The van der Waals surface area contributed by atoms with Gasteiger partial charge in [-0.3, -0.25) is 9.05 Å². The molecular weight excluding hydrogens is 363 g/mol. The second-order valence-corrected chi connectivity index (χ2v) is 8.96. The number of unbranched alkanes of at least 4 members (excludes halogenated alkanes) is 2. The first kappa shape index (κ1) is 24.2. The molecule has 0 bridgehead atoms. The molecule has 156 valence electrons. The molecule has 0 amide bonds. The summed E-state index contributed by atoms with van der Waals surface area (Å²) in [6.07, 6.45) is 3.51. The van der Waals surface area contributed by atoms with E-state index >= 15 is 0 Å².